The summed E-state index contributed by atoms with van der Waals surface area (Å²) in [6.45, 7) is 2.46. The topological polar surface area (TPSA) is 83.1 Å². The SMILES string of the molecule is Cc1cccc(NC(=O)NCCNC(=O)c2cccnc2)c1Cl. The second-order valence-corrected chi connectivity index (χ2v) is 5.19. The molecule has 2 rings (SSSR count). The lowest BCUT2D eigenvalue weighted by Crippen LogP contribution is -2.36. The summed E-state index contributed by atoms with van der Waals surface area (Å²) in [6.07, 6.45) is 3.08. The summed E-state index contributed by atoms with van der Waals surface area (Å²) >= 11 is 6.10. The Bertz CT molecular complexity index is 692. The second kappa shape index (κ2) is 8.14. The Morgan fingerprint density at radius 2 is 1.91 bits per heavy atom. The number of nitrogens with zero attached hydrogens (tertiary/aromatic N) is 1. The number of carbonyl (C=O) groups is 2. The van der Waals surface area contributed by atoms with E-state index in [0.717, 1.165) is 5.56 Å². The first-order valence-corrected chi connectivity index (χ1v) is 7.44. The number of anilines is 1. The molecule has 6 nitrogen and oxygen atoms in total. The zero-order valence-electron chi connectivity index (χ0n) is 12.6. The molecular formula is C16H17ClN4O2. The lowest BCUT2D eigenvalue weighted by molar-refractivity contribution is 0.0953. The zero-order chi connectivity index (χ0) is 16.7. The van der Waals surface area contributed by atoms with Gasteiger partial charge in [0.2, 0.25) is 0 Å². The minimum absolute atomic E-state index is 0.234. The van der Waals surface area contributed by atoms with E-state index < -0.39 is 0 Å². The van der Waals surface area contributed by atoms with Crippen LogP contribution in [-0.2, 0) is 0 Å². The molecule has 0 aliphatic carbocycles. The second-order valence-electron chi connectivity index (χ2n) is 4.81. The van der Waals surface area contributed by atoms with Crippen molar-refractivity contribution in [2.24, 2.45) is 0 Å². The first-order chi connectivity index (χ1) is 11.1. The summed E-state index contributed by atoms with van der Waals surface area (Å²) in [5.74, 6) is -0.234. The van der Waals surface area contributed by atoms with Crippen molar-refractivity contribution in [1.82, 2.24) is 15.6 Å². The van der Waals surface area contributed by atoms with Gasteiger partial charge in [0.25, 0.3) is 5.91 Å². The molecule has 7 heteroatoms. The molecule has 0 spiro atoms. The fourth-order valence-corrected chi connectivity index (χ4v) is 2.03. The molecule has 1 aromatic carbocycles. The Morgan fingerprint density at radius 3 is 2.65 bits per heavy atom. The first-order valence-electron chi connectivity index (χ1n) is 7.06. The minimum Gasteiger partial charge on any atom is -0.350 e. The van der Waals surface area contributed by atoms with Crippen LogP contribution in [0.2, 0.25) is 5.02 Å². The van der Waals surface area contributed by atoms with Gasteiger partial charge in [-0.1, -0.05) is 23.7 Å². The molecule has 0 saturated carbocycles. The normalized spacial score (nSPS) is 10.0. The van der Waals surface area contributed by atoms with Crippen LogP contribution in [0.3, 0.4) is 0 Å². The Hall–Kier alpha value is -2.60. The molecule has 0 radical (unpaired) electrons. The number of rotatable bonds is 5. The van der Waals surface area contributed by atoms with Crippen molar-refractivity contribution in [3.63, 3.8) is 0 Å². The van der Waals surface area contributed by atoms with Crippen molar-refractivity contribution >= 4 is 29.2 Å². The summed E-state index contributed by atoms with van der Waals surface area (Å²) < 4.78 is 0. The summed E-state index contributed by atoms with van der Waals surface area (Å²) in [6, 6.07) is 8.37. The summed E-state index contributed by atoms with van der Waals surface area (Å²) in [5.41, 5.74) is 1.90. The maximum Gasteiger partial charge on any atom is 0.319 e. The van der Waals surface area contributed by atoms with Gasteiger partial charge >= 0.3 is 6.03 Å². The van der Waals surface area contributed by atoms with Crippen molar-refractivity contribution in [2.45, 2.75) is 6.92 Å². The van der Waals surface area contributed by atoms with Crippen molar-refractivity contribution < 1.29 is 9.59 Å². The van der Waals surface area contributed by atoms with Gasteiger partial charge in [-0.15, -0.1) is 0 Å². The number of amides is 3. The molecule has 23 heavy (non-hydrogen) atoms. The number of aryl methyl sites for hydroxylation is 1. The number of aromatic nitrogens is 1. The first kappa shape index (κ1) is 16.8. The van der Waals surface area contributed by atoms with Crippen LogP contribution in [0.5, 0.6) is 0 Å². The predicted molar refractivity (Wildman–Crippen MR) is 89.8 cm³/mol. The van der Waals surface area contributed by atoms with Crippen molar-refractivity contribution in [2.75, 3.05) is 18.4 Å². The number of hydrogen-bond acceptors (Lipinski definition) is 3. The molecule has 0 atom stereocenters. The molecule has 0 aliphatic rings. The monoisotopic (exact) mass is 332 g/mol. The van der Waals surface area contributed by atoms with Gasteiger partial charge in [0.15, 0.2) is 0 Å². The highest BCUT2D eigenvalue weighted by molar-refractivity contribution is 6.34. The van der Waals surface area contributed by atoms with E-state index >= 15 is 0 Å². The largest absolute Gasteiger partial charge is 0.350 e. The number of nitrogens with one attached hydrogen (secondary N) is 3. The predicted octanol–water partition coefficient (Wildman–Crippen LogP) is 2.59. The molecule has 1 aromatic heterocycles. The number of urea groups is 1. The fourth-order valence-electron chi connectivity index (χ4n) is 1.86. The van der Waals surface area contributed by atoms with Crippen LogP contribution in [0.4, 0.5) is 10.5 Å². The molecule has 0 aliphatic heterocycles. The number of halogens is 1. The summed E-state index contributed by atoms with van der Waals surface area (Å²) in [7, 11) is 0. The van der Waals surface area contributed by atoms with Gasteiger partial charge in [0.1, 0.15) is 0 Å². The van der Waals surface area contributed by atoms with Crippen LogP contribution in [-0.4, -0.2) is 30.0 Å². The lowest BCUT2D eigenvalue weighted by Gasteiger charge is -2.10. The summed E-state index contributed by atoms with van der Waals surface area (Å²) in [5, 5.41) is 8.51. The third-order valence-corrected chi connectivity index (χ3v) is 3.56. The van der Waals surface area contributed by atoms with Crippen LogP contribution in [0.15, 0.2) is 42.7 Å². The minimum atomic E-state index is -0.381. The van der Waals surface area contributed by atoms with E-state index in [1.165, 1.54) is 6.20 Å². The lowest BCUT2D eigenvalue weighted by atomic mass is 10.2. The molecule has 1 heterocycles. The maximum atomic E-state index is 11.8. The van der Waals surface area contributed by atoms with E-state index in [1.807, 2.05) is 19.1 Å². The third kappa shape index (κ3) is 4.96. The van der Waals surface area contributed by atoms with Crippen molar-refractivity contribution in [3.05, 3.63) is 58.9 Å². The van der Waals surface area contributed by atoms with Crippen molar-refractivity contribution in [3.8, 4) is 0 Å². The van der Waals surface area contributed by atoms with Crippen LogP contribution in [0.25, 0.3) is 0 Å². The average Bonchev–Trinajstić information content (AvgIpc) is 2.56. The molecule has 120 valence electrons. The van der Waals surface area contributed by atoms with E-state index in [9.17, 15) is 9.59 Å². The molecule has 0 saturated heterocycles. The highest BCUT2D eigenvalue weighted by atomic mass is 35.5. The van der Waals surface area contributed by atoms with Gasteiger partial charge in [-0.3, -0.25) is 9.78 Å². The van der Waals surface area contributed by atoms with E-state index in [4.69, 9.17) is 11.6 Å². The molecule has 0 unspecified atom stereocenters. The molecule has 2 aromatic rings. The van der Waals surface area contributed by atoms with E-state index in [0.29, 0.717) is 29.4 Å². The number of benzene rings is 1. The van der Waals surface area contributed by atoms with Gasteiger partial charge in [0.05, 0.1) is 16.3 Å². The Labute approximate surface area is 139 Å². The van der Waals surface area contributed by atoms with Gasteiger partial charge in [-0.25, -0.2) is 4.79 Å². The molecule has 0 fully saturated rings. The van der Waals surface area contributed by atoms with Crippen molar-refractivity contribution in [1.29, 1.82) is 0 Å². The molecule has 3 N–H and O–H groups in total. The Balaban J connectivity index is 1.73. The van der Waals surface area contributed by atoms with E-state index in [-0.39, 0.29) is 11.9 Å². The van der Waals surface area contributed by atoms with Gasteiger partial charge in [-0.2, -0.15) is 0 Å². The van der Waals surface area contributed by atoms with E-state index in [2.05, 4.69) is 20.9 Å². The van der Waals surface area contributed by atoms with E-state index in [1.54, 1.807) is 24.4 Å². The third-order valence-electron chi connectivity index (χ3n) is 3.06. The standard InChI is InChI=1S/C16H17ClN4O2/c1-11-4-2-6-13(14(11)17)21-16(23)20-9-8-19-15(22)12-5-3-7-18-10-12/h2-7,10H,8-9H2,1H3,(H,19,22)(H2,20,21,23). The smallest absolute Gasteiger partial charge is 0.319 e. The highest BCUT2D eigenvalue weighted by Crippen LogP contribution is 2.24. The number of hydrogen-bond donors (Lipinski definition) is 3. The van der Waals surface area contributed by atoms with Crippen LogP contribution < -0.4 is 16.0 Å². The summed E-state index contributed by atoms with van der Waals surface area (Å²) in [4.78, 5) is 27.4. The van der Waals surface area contributed by atoms with Crippen LogP contribution >= 0.6 is 11.6 Å². The number of pyridine rings is 1. The average molecular weight is 333 g/mol. The molecule has 0 bridgehead atoms. The fraction of sp³-hybridized carbons (Fsp3) is 0.188. The van der Waals surface area contributed by atoms with Crippen LogP contribution in [0, 0.1) is 6.92 Å². The van der Waals surface area contributed by atoms with Gasteiger partial charge < -0.3 is 16.0 Å². The molecular weight excluding hydrogens is 316 g/mol. The Kier molecular flexibility index (Phi) is 5.94. The van der Waals surface area contributed by atoms with Gasteiger partial charge in [-0.05, 0) is 30.7 Å². The highest BCUT2D eigenvalue weighted by Gasteiger charge is 2.07. The maximum absolute atomic E-state index is 11.8. The zero-order valence-corrected chi connectivity index (χ0v) is 13.4. The quantitative estimate of drug-likeness (QED) is 0.736. The Morgan fingerprint density at radius 1 is 1.13 bits per heavy atom. The van der Waals surface area contributed by atoms with Gasteiger partial charge in [0, 0.05) is 25.5 Å². The van der Waals surface area contributed by atoms with Crippen LogP contribution in [0.1, 0.15) is 15.9 Å². The molecule has 3 amide bonds. The number of carbonyl (C=O) groups excluding carboxylic acids is 2.